The van der Waals surface area contributed by atoms with Gasteiger partial charge in [0.15, 0.2) is 0 Å². The molecule has 0 unspecified atom stereocenters. The second-order valence-corrected chi connectivity index (χ2v) is 3.18. The van der Waals surface area contributed by atoms with Crippen molar-refractivity contribution in [1.82, 2.24) is 4.90 Å². The molecule has 1 heterocycles. The molecule has 1 nitrogen and oxygen atoms in total. The maximum absolute atomic E-state index is 2.44. The summed E-state index contributed by atoms with van der Waals surface area (Å²) in [4.78, 5) is 2.44. The third-order valence-electron chi connectivity index (χ3n) is 2.30. The fourth-order valence-electron chi connectivity index (χ4n) is 1.61. The first-order chi connectivity index (χ1) is 4.33. The van der Waals surface area contributed by atoms with Gasteiger partial charge >= 0.3 is 0 Å². The molecule has 1 heteroatoms. The molecular weight excluding hydrogens is 110 g/mol. The number of piperidine rings is 1. The average Bonchev–Trinajstić information content (AvgIpc) is 1.88. The normalized spacial score (nSPS) is 30.7. The van der Waals surface area contributed by atoms with Crippen LogP contribution < -0.4 is 0 Å². The van der Waals surface area contributed by atoms with Crippen LogP contribution >= 0.6 is 0 Å². The summed E-state index contributed by atoms with van der Waals surface area (Å²) in [6, 6.07) is 0. The van der Waals surface area contributed by atoms with Gasteiger partial charge < -0.3 is 4.90 Å². The molecule has 0 aromatic rings. The van der Waals surface area contributed by atoms with Crippen LogP contribution in [0.1, 0.15) is 26.2 Å². The van der Waals surface area contributed by atoms with Gasteiger partial charge in [-0.2, -0.15) is 0 Å². The van der Waals surface area contributed by atoms with E-state index in [1.807, 2.05) is 0 Å². The molecular formula is C8H17N. The zero-order chi connectivity index (χ0) is 6.69. The summed E-state index contributed by atoms with van der Waals surface area (Å²) in [7, 11) is 2.22. The quantitative estimate of drug-likeness (QED) is 0.518. The first kappa shape index (κ1) is 7.07. The molecule has 1 rings (SSSR count). The van der Waals surface area contributed by atoms with Gasteiger partial charge in [0.2, 0.25) is 0 Å². The number of hydrogen-bond donors (Lipinski definition) is 0. The molecule has 0 aromatic carbocycles. The molecule has 1 aliphatic rings. The third-order valence-corrected chi connectivity index (χ3v) is 2.30. The van der Waals surface area contributed by atoms with E-state index in [9.17, 15) is 0 Å². The van der Waals surface area contributed by atoms with Crippen molar-refractivity contribution in [2.24, 2.45) is 5.92 Å². The number of nitrogens with zero attached hydrogens (tertiary/aromatic N) is 1. The molecule has 54 valence electrons. The Morgan fingerprint density at radius 1 is 1.56 bits per heavy atom. The van der Waals surface area contributed by atoms with Crippen molar-refractivity contribution in [1.29, 1.82) is 0 Å². The molecule has 0 saturated carbocycles. The zero-order valence-electron chi connectivity index (χ0n) is 6.56. The van der Waals surface area contributed by atoms with Crippen LogP contribution in [0.4, 0.5) is 0 Å². The summed E-state index contributed by atoms with van der Waals surface area (Å²) in [5.41, 5.74) is 0. The van der Waals surface area contributed by atoms with Crippen LogP contribution in [-0.2, 0) is 0 Å². The fourth-order valence-corrected chi connectivity index (χ4v) is 1.61. The summed E-state index contributed by atoms with van der Waals surface area (Å²) in [5.74, 6) is 0.990. The Hall–Kier alpha value is -0.0400. The van der Waals surface area contributed by atoms with Gasteiger partial charge in [0.25, 0.3) is 0 Å². The van der Waals surface area contributed by atoms with Crippen molar-refractivity contribution >= 4 is 0 Å². The molecule has 9 heavy (non-hydrogen) atoms. The smallest absolute Gasteiger partial charge is 0.000651 e. The summed E-state index contributed by atoms with van der Waals surface area (Å²) < 4.78 is 0. The fraction of sp³-hybridized carbons (Fsp3) is 1.00. The lowest BCUT2D eigenvalue weighted by atomic mass is 9.96. The Bertz CT molecular complexity index is 80.6. The topological polar surface area (TPSA) is 3.24 Å². The van der Waals surface area contributed by atoms with Gasteiger partial charge in [0.1, 0.15) is 0 Å². The zero-order valence-corrected chi connectivity index (χ0v) is 6.56. The highest BCUT2D eigenvalue weighted by molar-refractivity contribution is 4.68. The van der Waals surface area contributed by atoms with E-state index in [1.165, 1.54) is 32.4 Å². The summed E-state index contributed by atoms with van der Waals surface area (Å²) in [5, 5.41) is 0. The molecule has 0 radical (unpaired) electrons. The molecule has 0 N–H and O–H groups in total. The standard InChI is InChI=1S/C8H17N/c1-3-8-5-4-6-9(2)7-8/h8H,3-7H2,1-2H3/t8-/m1/s1. The van der Waals surface area contributed by atoms with Gasteiger partial charge in [-0.15, -0.1) is 0 Å². The van der Waals surface area contributed by atoms with Gasteiger partial charge in [-0.1, -0.05) is 13.3 Å². The summed E-state index contributed by atoms with van der Waals surface area (Å²) in [6.07, 6.45) is 4.24. The minimum absolute atomic E-state index is 0.990. The second-order valence-electron chi connectivity index (χ2n) is 3.18. The Morgan fingerprint density at radius 3 is 2.78 bits per heavy atom. The number of likely N-dealkylation sites (tertiary alicyclic amines) is 1. The van der Waals surface area contributed by atoms with E-state index >= 15 is 0 Å². The van der Waals surface area contributed by atoms with Gasteiger partial charge in [0.05, 0.1) is 0 Å². The molecule has 1 atom stereocenters. The Balaban J connectivity index is 2.23. The van der Waals surface area contributed by atoms with E-state index in [0.29, 0.717) is 0 Å². The Morgan fingerprint density at radius 2 is 2.33 bits per heavy atom. The minimum atomic E-state index is 0.990. The van der Waals surface area contributed by atoms with E-state index < -0.39 is 0 Å². The molecule has 0 bridgehead atoms. The molecule has 0 aromatic heterocycles. The molecule has 0 amide bonds. The third kappa shape index (κ3) is 1.98. The highest BCUT2D eigenvalue weighted by Crippen LogP contribution is 2.17. The lowest BCUT2D eigenvalue weighted by Crippen LogP contribution is -2.31. The van der Waals surface area contributed by atoms with E-state index in [-0.39, 0.29) is 0 Å². The molecule has 1 aliphatic heterocycles. The van der Waals surface area contributed by atoms with Crippen molar-refractivity contribution < 1.29 is 0 Å². The van der Waals surface area contributed by atoms with Crippen molar-refractivity contribution in [2.75, 3.05) is 20.1 Å². The van der Waals surface area contributed by atoms with Gasteiger partial charge in [-0.25, -0.2) is 0 Å². The van der Waals surface area contributed by atoms with Gasteiger partial charge in [0, 0.05) is 6.54 Å². The monoisotopic (exact) mass is 127 g/mol. The Kier molecular flexibility index (Phi) is 2.52. The van der Waals surface area contributed by atoms with E-state index in [2.05, 4.69) is 18.9 Å². The van der Waals surface area contributed by atoms with Crippen LogP contribution in [0.2, 0.25) is 0 Å². The van der Waals surface area contributed by atoms with Crippen LogP contribution in [0.5, 0.6) is 0 Å². The van der Waals surface area contributed by atoms with Crippen LogP contribution in [0.25, 0.3) is 0 Å². The van der Waals surface area contributed by atoms with E-state index in [4.69, 9.17) is 0 Å². The molecule has 1 fully saturated rings. The first-order valence-corrected chi connectivity index (χ1v) is 4.01. The van der Waals surface area contributed by atoms with Crippen LogP contribution in [0.15, 0.2) is 0 Å². The molecule has 0 spiro atoms. The van der Waals surface area contributed by atoms with Crippen LogP contribution in [0.3, 0.4) is 0 Å². The SMILES string of the molecule is CC[C@@H]1CCCN(C)C1. The van der Waals surface area contributed by atoms with Crippen LogP contribution in [0, 0.1) is 5.92 Å². The first-order valence-electron chi connectivity index (χ1n) is 4.01. The number of hydrogen-bond acceptors (Lipinski definition) is 1. The van der Waals surface area contributed by atoms with E-state index in [0.717, 1.165) is 5.92 Å². The average molecular weight is 127 g/mol. The summed E-state index contributed by atoms with van der Waals surface area (Å²) in [6.45, 7) is 4.94. The van der Waals surface area contributed by atoms with Gasteiger partial charge in [-0.05, 0) is 32.4 Å². The lowest BCUT2D eigenvalue weighted by Gasteiger charge is -2.28. The lowest BCUT2D eigenvalue weighted by molar-refractivity contribution is 0.206. The maximum Gasteiger partial charge on any atom is 0.000651 e. The largest absolute Gasteiger partial charge is 0.306 e. The van der Waals surface area contributed by atoms with Crippen molar-refractivity contribution in [3.8, 4) is 0 Å². The van der Waals surface area contributed by atoms with Gasteiger partial charge in [-0.3, -0.25) is 0 Å². The van der Waals surface area contributed by atoms with Crippen molar-refractivity contribution in [2.45, 2.75) is 26.2 Å². The summed E-state index contributed by atoms with van der Waals surface area (Å²) >= 11 is 0. The molecule has 0 aliphatic carbocycles. The Labute approximate surface area is 58.0 Å². The molecule has 1 saturated heterocycles. The van der Waals surface area contributed by atoms with Crippen LogP contribution in [-0.4, -0.2) is 25.0 Å². The number of rotatable bonds is 1. The highest BCUT2D eigenvalue weighted by atomic mass is 15.1. The second kappa shape index (κ2) is 3.21. The highest BCUT2D eigenvalue weighted by Gasteiger charge is 2.14. The predicted octanol–water partition coefficient (Wildman–Crippen LogP) is 1.74. The predicted molar refractivity (Wildman–Crippen MR) is 40.5 cm³/mol. The minimum Gasteiger partial charge on any atom is -0.306 e. The van der Waals surface area contributed by atoms with Crippen molar-refractivity contribution in [3.05, 3.63) is 0 Å². The maximum atomic E-state index is 2.44. The van der Waals surface area contributed by atoms with Crippen molar-refractivity contribution in [3.63, 3.8) is 0 Å². The van der Waals surface area contributed by atoms with E-state index in [1.54, 1.807) is 0 Å².